The SMILES string of the molecule is CCOC(=O)c1nn(-c2ccc(F)cc2)c(=O)c2c(NC(=O)c3ccccc3Cl)scc12. The number of hydrogen-bond acceptors (Lipinski definition) is 6. The van der Waals surface area contributed by atoms with Crippen LogP contribution in [0.1, 0.15) is 27.8 Å². The van der Waals surface area contributed by atoms with E-state index in [-0.39, 0.29) is 44.3 Å². The van der Waals surface area contributed by atoms with Crippen molar-refractivity contribution in [2.24, 2.45) is 0 Å². The Hall–Kier alpha value is -3.56. The number of ether oxygens (including phenoxy) is 1. The minimum Gasteiger partial charge on any atom is -0.461 e. The molecule has 2 aromatic heterocycles. The van der Waals surface area contributed by atoms with Crippen molar-refractivity contribution in [3.8, 4) is 5.69 Å². The average molecular weight is 472 g/mol. The zero-order valence-electron chi connectivity index (χ0n) is 16.6. The number of nitrogens with one attached hydrogen (secondary N) is 1. The van der Waals surface area contributed by atoms with Gasteiger partial charge in [-0.3, -0.25) is 9.59 Å². The molecule has 1 N–H and O–H groups in total. The van der Waals surface area contributed by atoms with Gasteiger partial charge in [-0.15, -0.1) is 11.3 Å². The molecule has 2 heterocycles. The van der Waals surface area contributed by atoms with Gasteiger partial charge in [0.15, 0.2) is 5.69 Å². The number of rotatable bonds is 5. The van der Waals surface area contributed by atoms with Crippen molar-refractivity contribution in [2.45, 2.75) is 6.92 Å². The minimum atomic E-state index is -0.727. The Morgan fingerprint density at radius 3 is 2.59 bits per heavy atom. The first-order valence-electron chi connectivity index (χ1n) is 9.44. The van der Waals surface area contributed by atoms with Gasteiger partial charge in [-0.1, -0.05) is 23.7 Å². The summed E-state index contributed by atoms with van der Waals surface area (Å²) in [6, 6.07) is 11.5. The highest BCUT2D eigenvalue weighted by Crippen LogP contribution is 2.31. The highest BCUT2D eigenvalue weighted by atomic mass is 35.5. The van der Waals surface area contributed by atoms with Crippen LogP contribution < -0.4 is 10.9 Å². The third-order valence-corrected chi connectivity index (χ3v) is 5.76. The zero-order chi connectivity index (χ0) is 22.8. The van der Waals surface area contributed by atoms with Gasteiger partial charge >= 0.3 is 5.97 Å². The largest absolute Gasteiger partial charge is 0.461 e. The summed E-state index contributed by atoms with van der Waals surface area (Å²) in [5.41, 5.74) is -0.205. The summed E-state index contributed by atoms with van der Waals surface area (Å²) < 4.78 is 19.4. The molecule has 10 heteroatoms. The highest BCUT2D eigenvalue weighted by Gasteiger charge is 2.23. The van der Waals surface area contributed by atoms with Gasteiger partial charge in [-0.2, -0.15) is 9.78 Å². The molecule has 7 nitrogen and oxygen atoms in total. The van der Waals surface area contributed by atoms with Crippen molar-refractivity contribution in [3.63, 3.8) is 0 Å². The molecule has 0 aliphatic rings. The van der Waals surface area contributed by atoms with E-state index in [9.17, 15) is 18.8 Å². The summed E-state index contributed by atoms with van der Waals surface area (Å²) in [7, 11) is 0. The summed E-state index contributed by atoms with van der Waals surface area (Å²) in [5, 5.41) is 9.20. The number of fused-ring (bicyclic) bond motifs is 1. The van der Waals surface area contributed by atoms with E-state index in [0.29, 0.717) is 0 Å². The number of halogens is 2. The minimum absolute atomic E-state index is 0.0813. The number of aromatic nitrogens is 2. The van der Waals surface area contributed by atoms with Gasteiger partial charge in [0.2, 0.25) is 0 Å². The van der Waals surface area contributed by atoms with Crippen LogP contribution in [0, 0.1) is 5.82 Å². The molecule has 4 aromatic rings. The molecule has 0 saturated heterocycles. The summed E-state index contributed by atoms with van der Waals surface area (Å²) >= 11 is 7.17. The molecule has 0 spiro atoms. The average Bonchev–Trinajstić information content (AvgIpc) is 3.19. The fourth-order valence-corrected chi connectivity index (χ4v) is 4.22. The highest BCUT2D eigenvalue weighted by molar-refractivity contribution is 7.16. The number of hydrogen-bond donors (Lipinski definition) is 1. The molecule has 0 unspecified atom stereocenters. The number of carbonyl (C=O) groups excluding carboxylic acids is 2. The van der Waals surface area contributed by atoms with E-state index in [4.69, 9.17) is 16.3 Å². The molecule has 2 aromatic carbocycles. The Bertz CT molecular complexity index is 1400. The van der Waals surface area contributed by atoms with Crippen molar-refractivity contribution >= 4 is 50.6 Å². The monoisotopic (exact) mass is 471 g/mol. The predicted molar refractivity (Wildman–Crippen MR) is 121 cm³/mol. The molecule has 0 aliphatic carbocycles. The number of anilines is 1. The topological polar surface area (TPSA) is 90.3 Å². The molecule has 0 fully saturated rings. The van der Waals surface area contributed by atoms with Crippen LogP contribution in [-0.2, 0) is 4.74 Å². The van der Waals surface area contributed by atoms with Crippen LogP contribution in [-0.4, -0.2) is 28.3 Å². The molecule has 0 bridgehead atoms. The van der Waals surface area contributed by atoms with E-state index in [0.717, 1.165) is 16.0 Å². The second-order valence-corrected chi connectivity index (χ2v) is 7.84. The van der Waals surface area contributed by atoms with E-state index in [2.05, 4.69) is 10.4 Å². The van der Waals surface area contributed by atoms with Crippen LogP contribution in [0.25, 0.3) is 16.5 Å². The van der Waals surface area contributed by atoms with Gasteiger partial charge in [-0.25, -0.2) is 9.18 Å². The number of amides is 1. The molecule has 0 saturated carbocycles. The second-order valence-electron chi connectivity index (χ2n) is 6.55. The van der Waals surface area contributed by atoms with Gasteiger partial charge < -0.3 is 10.1 Å². The number of thiophene rings is 1. The molecule has 1 amide bonds. The van der Waals surface area contributed by atoms with Crippen LogP contribution in [0.3, 0.4) is 0 Å². The molecular weight excluding hydrogens is 457 g/mol. The zero-order valence-corrected chi connectivity index (χ0v) is 18.2. The van der Waals surface area contributed by atoms with Gasteiger partial charge in [0.05, 0.1) is 28.3 Å². The lowest BCUT2D eigenvalue weighted by Crippen LogP contribution is -2.25. The molecule has 0 atom stereocenters. The smallest absolute Gasteiger partial charge is 0.359 e. The van der Waals surface area contributed by atoms with Gasteiger partial charge in [-0.05, 0) is 43.3 Å². The van der Waals surface area contributed by atoms with Crippen molar-refractivity contribution in [2.75, 3.05) is 11.9 Å². The van der Waals surface area contributed by atoms with Crippen LogP contribution in [0.2, 0.25) is 5.02 Å². The van der Waals surface area contributed by atoms with Crippen molar-refractivity contribution in [1.82, 2.24) is 9.78 Å². The van der Waals surface area contributed by atoms with E-state index < -0.39 is 23.3 Å². The number of esters is 1. The van der Waals surface area contributed by atoms with Crippen LogP contribution in [0.5, 0.6) is 0 Å². The first-order valence-corrected chi connectivity index (χ1v) is 10.7. The Kier molecular flexibility index (Phi) is 6.02. The van der Waals surface area contributed by atoms with Gasteiger partial charge in [0.1, 0.15) is 10.8 Å². The van der Waals surface area contributed by atoms with Crippen LogP contribution in [0.4, 0.5) is 9.39 Å². The summed E-state index contributed by atoms with van der Waals surface area (Å²) in [6.45, 7) is 1.76. The Morgan fingerprint density at radius 2 is 1.91 bits per heavy atom. The van der Waals surface area contributed by atoms with Crippen LogP contribution in [0.15, 0.2) is 58.7 Å². The van der Waals surface area contributed by atoms with E-state index in [1.54, 1.807) is 36.6 Å². The second kappa shape index (κ2) is 8.89. The standard InChI is InChI=1S/C22H15ClFN3O4S/c1-2-31-22(30)18-15-11-32-20(25-19(28)14-5-3-4-6-16(14)23)17(15)21(29)27(26-18)13-9-7-12(24)8-10-13/h3-11H,2H2,1H3,(H,25,28). The lowest BCUT2D eigenvalue weighted by molar-refractivity contribution is 0.0520. The van der Waals surface area contributed by atoms with E-state index in [1.807, 2.05) is 0 Å². The lowest BCUT2D eigenvalue weighted by atomic mass is 10.2. The maximum atomic E-state index is 13.4. The molecule has 0 aliphatic heterocycles. The normalized spacial score (nSPS) is 10.8. The first kappa shape index (κ1) is 21.7. The van der Waals surface area contributed by atoms with E-state index >= 15 is 0 Å². The fourth-order valence-electron chi connectivity index (χ4n) is 3.07. The van der Waals surface area contributed by atoms with Gasteiger partial charge in [0, 0.05) is 10.8 Å². The van der Waals surface area contributed by atoms with Crippen molar-refractivity contribution in [1.29, 1.82) is 0 Å². The third kappa shape index (κ3) is 4.00. The molecule has 4 rings (SSSR count). The number of nitrogens with zero attached hydrogens (tertiary/aromatic N) is 2. The lowest BCUT2D eigenvalue weighted by Gasteiger charge is -2.10. The van der Waals surface area contributed by atoms with Crippen molar-refractivity contribution < 1.29 is 18.7 Å². The maximum Gasteiger partial charge on any atom is 0.359 e. The summed E-state index contributed by atoms with van der Waals surface area (Å²) in [4.78, 5) is 38.6. The first-order chi connectivity index (χ1) is 15.4. The van der Waals surface area contributed by atoms with Crippen LogP contribution >= 0.6 is 22.9 Å². The van der Waals surface area contributed by atoms with Crippen molar-refractivity contribution in [3.05, 3.63) is 86.4 Å². The van der Waals surface area contributed by atoms with E-state index in [1.165, 1.54) is 24.3 Å². The molecule has 32 heavy (non-hydrogen) atoms. The Labute approximate surface area is 190 Å². The molecular formula is C22H15ClFN3O4S. The van der Waals surface area contributed by atoms with Gasteiger partial charge in [0.25, 0.3) is 11.5 Å². The Morgan fingerprint density at radius 1 is 1.19 bits per heavy atom. The number of benzene rings is 2. The summed E-state index contributed by atoms with van der Waals surface area (Å²) in [5.74, 6) is -1.73. The molecule has 162 valence electrons. The number of carbonyl (C=O) groups is 2. The summed E-state index contributed by atoms with van der Waals surface area (Å²) in [6.07, 6.45) is 0. The fraction of sp³-hybridized carbons (Fsp3) is 0.0909. The maximum absolute atomic E-state index is 13.4. The Balaban J connectivity index is 1.89. The molecule has 0 radical (unpaired) electrons. The quantitative estimate of drug-likeness (QED) is 0.427. The third-order valence-electron chi connectivity index (χ3n) is 4.54. The predicted octanol–water partition coefficient (Wildman–Crippen LogP) is 4.67.